The molecule has 3 heterocycles. The highest BCUT2D eigenvalue weighted by Crippen LogP contribution is 2.25. The molecule has 0 spiro atoms. The number of fused-ring (bicyclic) bond motifs is 1. The lowest BCUT2D eigenvalue weighted by atomic mass is 9.93. The lowest BCUT2D eigenvalue weighted by Crippen LogP contribution is -2.36. The summed E-state index contributed by atoms with van der Waals surface area (Å²) in [6, 6.07) is 0. The molecule has 1 aromatic rings. The molecule has 4 nitrogen and oxygen atoms in total. The Bertz CT molecular complexity index is 443. The summed E-state index contributed by atoms with van der Waals surface area (Å²) in [5, 5.41) is 9.31. The van der Waals surface area contributed by atoms with Crippen molar-refractivity contribution in [3.8, 4) is 0 Å². The van der Waals surface area contributed by atoms with Crippen LogP contribution < -0.4 is 0 Å². The fourth-order valence-electron chi connectivity index (χ4n) is 3.78. The van der Waals surface area contributed by atoms with Crippen molar-refractivity contribution >= 4 is 0 Å². The maximum atomic E-state index is 9.31. The van der Waals surface area contributed by atoms with Gasteiger partial charge >= 0.3 is 0 Å². The molecule has 2 unspecified atom stereocenters. The van der Waals surface area contributed by atoms with Crippen molar-refractivity contribution in [2.75, 3.05) is 26.2 Å². The summed E-state index contributed by atoms with van der Waals surface area (Å²) < 4.78 is 2.41. The van der Waals surface area contributed by atoms with Gasteiger partial charge in [0, 0.05) is 38.0 Å². The van der Waals surface area contributed by atoms with E-state index in [0.29, 0.717) is 12.5 Å². The first-order valence-electron chi connectivity index (χ1n) is 8.16. The molecule has 0 amide bonds. The number of aliphatic hydroxyl groups is 1. The number of hydrogen-bond donors (Lipinski definition) is 1. The topological polar surface area (TPSA) is 41.3 Å². The Labute approximate surface area is 121 Å². The molecule has 2 aliphatic rings. The zero-order valence-corrected chi connectivity index (χ0v) is 12.6. The van der Waals surface area contributed by atoms with Crippen LogP contribution in [-0.4, -0.2) is 45.8 Å². The summed E-state index contributed by atoms with van der Waals surface area (Å²) in [6.07, 6.45) is 7.93. The summed E-state index contributed by atoms with van der Waals surface area (Å²) in [4.78, 5) is 7.24. The van der Waals surface area contributed by atoms with Crippen molar-refractivity contribution in [3.63, 3.8) is 0 Å². The van der Waals surface area contributed by atoms with Gasteiger partial charge in [0.15, 0.2) is 0 Å². The largest absolute Gasteiger partial charge is 0.396 e. The van der Waals surface area contributed by atoms with Crippen LogP contribution in [-0.2, 0) is 19.4 Å². The monoisotopic (exact) mass is 277 g/mol. The average molecular weight is 277 g/mol. The highest BCUT2D eigenvalue weighted by Gasteiger charge is 2.24. The summed E-state index contributed by atoms with van der Waals surface area (Å²) in [7, 11) is 0. The van der Waals surface area contributed by atoms with Crippen molar-refractivity contribution in [1.82, 2.24) is 14.5 Å². The Morgan fingerprint density at radius 1 is 1.30 bits per heavy atom. The third-order valence-corrected chi connectivity index (χ3v) is 5.06. The molecule has 1 fully saturated rings. The van der Waals surface area contributed by atoms with Crippen LogP contribution in [0.4, 0.5) is 0 Å². The summed E-state index contributed by atoms with van der Waals surface area (Å²) in [5.74, 6) is 2.49. The standard InChI is InChI=1S/C16H27N3O/c1-2-18-6-3-4-13(11-18)9-16-17-10-15-8-14(12-20)5-7-19(15)16/h10,13-14,20H,2-9,11-12H2,1H3. The van der Waals surface area contributed by atoms with Crippen molar-refractivity contribution in [3.05, 3.63) is 17.7 Å². The quantitative estimate of drug-likeness (QED) is 0.911. The highest BCUT2D eigenvalue weighted by atomic mass is 16.3. The molecular formula is C16H27N3O. The molecule has 0 radical (unpaired) electrons. The van der Waals surface area contributed by atoms with Gasteiger partial charge in [-0.15, -0.1) is 0 Å². The van der Waals surface area contributed by atoms with Gasteiger partial charge in [-0.1, -0.05) is 6.92 Å². The minimum Gasteiger partial charge on any atom is -0.396 e. The maximum absolute atomic E-state index is 9.31. The lowest BCUT2D eigenvalue weighted by molar-refractivity contribution is 0.178. The van der Waals surface area contributed by atoms with E-state index in [9.17, 15) is 5.11 Å². The van der Waals surface area contributed by atoms with Gasteiger partial charge in [-0.05, 0) is 50.6 Å². The van der Waals surface area contributed by atoms with Crippen molar-refractivity contribution in [1.29, 1.82) is 0 Å². The van der Waals surface area contributed by atoms with E-state index in [1.54, 1.807) is 0 Å². The van der Waals surface area contributed by atoms with E-state index in [1.165, 1.54) is 44.0 Å². The Kier molecular flexibility index (Phi) is 4.41. The number of imidazole rings is 1. The fourth-order valence-corrected chi connectivity index (χ4v) is 3.78. The van der Waals surface area contributed by atoms with E-state index in [1.807, 2.05) is 6.20 Å². The first kappa shape index (κ1) is 14.1. The number of hydrogen-bond acceptors (Lipinski definition) is 3. The maximum Gasteiger partial charge on any atom is 0.109 e. The predicted molar refractivity (Wildman–Crippen MR) is 79.7 cm³/mol. The molecule has 0 saturated carbocycles. The molecule has 1 saturated heterocycles. The molecule has 3 rings (SSSR count). The van der Waals surface area contributed by atoms with Crippen molar-refractivity contribution < 1.29 is 5.11 Å². The molecule has 112 valence electrons. The van der Waals surface area contributed by atoms with Crippen LogP contribution in [0, 0.1) is 11.8 Å². The summed E-state index contributed by atoms with van der Waals surface area (Å²) in [6.45, 7) is 7.29. The second-order valence-electron chi connectivity index (χ2n) is 6.46. The zero-order chi connectivity index (χ0) is 13.9. The van der Waals surface area contributed by atoms with Crippen molar-refractivity contribution in [2.45, 2.75) is 45.6 Å². The molecule has 2 atom stereocenters. The normalized spacial score (nSPS) is 27.5. The van der Waals surface area contributed by atoms with Gasteiger partial charge in [0.05, 0.1) is 0 Å². The number of aromatic nitrogens is 2. The molecular weight excluding hydrogens is 250 g/mol. The van der Waals surface area contributed by atoms with Crippen LogP contribution in [0.15, 0.2) is 6.20 Å². The lowest BCUT2D eigenvalue weighted by Gasteiger charge is -2.32. The molecule has 1 N–H and O–H groups in total. The van der Waals surface area contributed by atoms with E-state index in [-0.39, 0.29) is 0 Å². The van der Waals surface area contributed by atoms with Crippen LogP contribution in [0.3, 0.4) is 0 Å². The van der Waals surface area contributed by atoms with E-state index >= 15 is 0 Å². The van der Waals surface area contributed by atoms with E-state index in [4.69, 9.17) is 0 Å². The Hall–Kier alpha value is -0.870. The van der Waals surface area contributed by atoms with E-state index < -0.39 is 0 Å². The van der Waals surface area contributed by atoms with Gasteiger partial charge in [-0.2, -0.15) is 0 Å². The minimum atomic E-state index is 0.314. The van der Waals surface area contributed by atoms with Gasteiger partial charge in [-0.25, -0.2) is 4.98 Å². The van der Waals surface area contributed by atoms with E-state index in [0.717, 1.165) is 31.7 Å². The van der Waals surface area contributed by atoms with Crippen molar-refractivity contribution in [2.24, 2.45) is 11.8 Å². The van der Waals surface area contributed by atoms with Crippen LogP contribution in [0.25, 0.3) is 0 Å². The second kappa shape index (κ2) is 6.27. The van der Waals surface area contributed by atoms with Gasteiger partial charge < -0.3 is 14.6 Å². The van der Waals surface area contributed by atoms with Crippen LogP contribution in [0.5, 0.6) is 0 Å². The summed E-state index contributed by atoms with van der Waals surface area (Å²) >= 11 is 0. The smallest absolute Gasteiger partial charge is 0.109 e. The first-order valence-corrected chi connectivity index (χ1v) is 8.16. The van der Waals surface area contributed by atoms with Gasteiger partial charge in [-0.3, -0.25) is 0 Å². The molecule has 0 aliphatic carbocycles. The van der Waals surface area contributed by atoms with Crippen LogP contribution >= 0.6 is 0 Å². The molecule has 2 aliphatic heterocycles. The van der Waals surface area contributed by atoms with Gasteiger partial charge in [0.1, 0.15) is 5.82 Å². The Balaban J connectivity index is 1.65. The third-order valence-electron chi connectivity index (χ3n) is 5.06. The molecule has 1 aromatic heterocycles. The van der Waals surface area contributed by atoms with Gasteiger partial charge in [0.25, 0.3) is 0 Å². The molecule has 4 heteroatoms. The number of likely N-dealkylation sites (tertiary alicyclic amines) is 1. The average Bonchev–Trinajstić information content (AvgIpc) is 2.89. The summed E-state index contributed by atoms with van der Waals surface area (Å²) in [5.41, 5.74) is 1.33. The Morgan fingerprint density at radius 3 is 3.00 bits per heavy atom. The molecule has 0 aromatic carbocycles. The SMILES string of the molecule is CCN1CCCC(Cc2ncc3n2CCC(CO)C3)C1. The second-order valence-corrected chi connectivity index (χ2v) is 6.46. The van der Waals surface area contributed by atoms with Crippen LogP contribution in [0.2, 0.25) is 0 Å². The number of aliphatic hydroxyl groups excluding tert-OH is 1. The number of piperidine rings is 1. The highest BCUT2D eigenvalue weighted by molar-refractivity contribution is 5.10. The zero-order valence-electron chi connectivity index (χ0n) is 12.6. The predicted octanol–water partition coefficient (Wildman–Crippen LogP) is 1.71. The molecule has 20 heavy (non-hydrogen) atoms. The van der Waals surface area contributed by atoms with Crippen LogP contribution in [0.1, 0.15) is 37.7 Å². The number of rotatable bonds is 4. The number of nitrogens with zero attached hydrogens (tertiary/aromatic N) is 3. The fraction of sp³-hybridized carbons (Fsp3) is 0.812. The third kappa shape index (κ3) is 2.91. The minimum absolute atomic E-state index is 0.314. The molecule has 0 bridgehead atoms. The Morgan fingerprint density at radius 2 is 2.20 bits per heavy atom. The first-order chi connectivity index (χ1) is 9.80. The van der Waals surface area contributed by atoms with Gasteiger partial charge in [0.2, 0.25) is 0 Å². The van der Waals surface area contributed by atoms with E-state index in [2.05, 4.69) is 21.4 Å².